The fourth-order valence-corrected chi connectivity index (χ4v) is 3.66. The monoisotopic (exact) mass is 363 g/mol. The van der Waals surface area contributed by atoms with Gasteiger partial charge in [-0.05, 0) is 42.7 Å². The maximum atomic E-state index is 12.7. The van der Waals surface area contributed by atoms with Crippen LogP contribution in [0, 0.1) is 0 Å². The van der Waals surface area contributed by atoms with E-state index >= 15 is 0 Å². The highest BCUT2D eigenvalue weighted by Gasteiger charge is 2.26. The van der Waals surface area contributed by atoms with Gasteiger partial charge in [-0.15, -0.1) is 0 Å². The van der Waals surface area contributed by atoms with Gasteiger partial charge in [-0.3, -0.25) is 14.6 Å². The van der Waals surface area contributed by atoms with E-state index in [1.807, 2.05) is 17.0 Å². The molecule has 0 fully saturated rings. The molecule has 1 aliphatic heterocycles. The minimum Gasteiger partial charge on any atom is -0.376 e. The topological polar surface area (TPSA) is 104 Å². The fraction of sp³-hybridized carbons (Fsp3) is 0.250. The summed E-state index contributed by atoms with van der Waals surface area (Å²) in [4.78, 5) is 33.1. The number of nitrogens with two attached hydrogens (primary N) is 1. The molecule has 4 rings (SSSR count). The zero-order valence-corrected chi connectivity index (χ0v) is 15.0. The van der Waals surface area contributed by atoms with E-state index in [-0.39, 0.29) is 30.0 Å². The normalized spacial score (nSPS) is 16.2. The van der Waals surface area contributed by atoms with Crippen LogP contribution in [0.4, 0.5) is 11.6 Å². The molecule has 7 heteroatoms. The predicted molar refractivity (Wildman–Crippen MR) is 106 cm³/mol. The summed E-state index contributed by atoms with van der Waals surface area (Å²) in [6, 6.07) is 13.5. The number of fused-ring (bicyclic) bond motifs is 2. The van der Waals surface area contributed by atoms with Crippen molar-refractivity contribution in [2.75, 3.05) is 24.1 Å². The minimum absolute atomic E-state index is 0.0375. The number of hydrogen-bond acceptors (Lipinski definition) is 5. The molecule has 0 bridgehead atoms. The zero-order valence-electron chi connectivity index (χ0n) is 15.0. The highest BCUT2D eigenvalue weighted by Crippen LogP contribution is 2.29. The Morgan fingerprint density at radius 3 is 3.00 bits per heavy atom. The first-order chi connectivity index (χ1) is 13.0. The molecule has 0 spiro atoms. The molecule has 0 saturated heterocycles. The highest BCUT2D eigenvalue weighted by atomic mass is 16.2. The van der Waals surface area contributed by atoms with Gasteiger partial charge in [-0.25, -0.2) is 4.98 Å². The van der Waals surface area contributed by atoms with Crippen LogP contribution in [0.25, 0.3) is 10.9 Å². The largest absolute Gasteiger partial charge is 0.376 e. The van der Waals surface area contributed by atoms with E-state index < -0.39 is 0 Å². The Morgan fingerprint density at radius 1 is 1.33 bits per heavy atom. The summed E-state index contributed by atoms with van der Waals surface area (Å²) in [5, 5.41) is 3.59. The number of rotatable bonds is 3. The Kier molecular flexibility index (Phi) is 4.27. The number of nitrogen functional groups attached to an aromatic ring is 1. The molecular formula is C20H21N5O2. The number of carbonyl (C=O) groups is 1. The standard InChI is InChI=1S/C20H21N5O2/c1-12-15-5-3-2-4-13(15)8-9-25(12)18(26)11-22-14-6-7-16-17(10-14)23-20(21)24-19(16)27/h2-7,10,12,22H,8-9,11H2,1H3,(H3,21,23,24,27). The number of benzene rings is 2. The van der Waals surface area contributed by atoms with E-state index in [4.69, 9.17) is 5.73 Å². The molecule has 3 aromatic rings. The smallest absolute Gasteiger partial charge is 0.260 e. The maximum Gasteiger partial charge on any atom is 0.260 e. The van der Waals surface area contributed by atoms with Crippen LogP contribution >= 0.6 is 0 Å². The molecule has 1 aromatic heterocycles. The van der Waals surface area contributed by atoms with Gasteiger partial charge < -0.3 is 16.0 Å². The summed E-state index contributed by atoms with van der Waals surface area (Å²) in [6.45, 7) is 2.95. The van der Waals surface area contributed by atoms with Gasteiger partial charge in [-0.2, -0.15) is 0 Å². The average Bonchev–Trinajstić information content (AvgIpc) is 2.66. The number of H-pyrrole nitrogens is 1. The number of carbonyl (C=O) groups excluding carboxylic acids is 1. The summed E-state index contributed by atoms with van der Waals surface area (Å²) >= 11 is 0. The maximum absolute atomic E-state index is 12.7. The van der Waals surface area contributed by atoms with Crippen molar-refractivity contribution in [1.82, 2.24) is 14.9 Å². The molecule has 2 heterocycles. The second kappa shape index (κ2) is 6.75. The van der Waals surface area contributed by atoms with Crippen molar-refractivity contribution in [3.05, 3.63) is 63.9 Å². The molecule has 138 valence electrons. The Bertz CT molecular complexity index is 1080. The van der Waals surface area contributed by atoms with E-state index in [0.29, 0.717) is 17.4 Å². The Balaban J connectivity index is 1.48. The highest BCUT2D eigenvalue weighted by molar-refractivity contribution is 5.85. The van der Waals surface area contributed by atoms with Crippen molar-refractivity contribution < 1.29 is 4.79 Å². The molecule has 27 heavy (non-hydrogen) atoms. The summed E-state index contributed by atoms with van der Waals surface area (Å²) < 4.78 is 0. The van der Waals surface area contributed by atoms with E-state index in [1.165, 1.54) is 11.1 Å². The van der Waals surface area contributed by atoms with Gasteiger partial charge in [0, 0.05) is 12.2 Å². The summed E-state index contributed by atoms with van der Waals surface area (Å²) in [6.07, 6.45) is 0.869. The number of aromatic amines is 1. The third-order valence-corrected chi connectivity index (χ3v) is 5.08. The quantitative estimate of drug-likeness (QED) is 0.661. The molecule has 7 nitrogen and oxygen atoms in total. The van der Waals surface area contributed by atoms with Crippen LogP contribution in [0.5, 0.6) is 0 Å². The lowest BCUT2D eigenvalue weighted by atomic mass is 9.93. The van der Waals surface area contributed by atoms with Crippen LogP contribution in [0.1, 0.15) is 24.1 Å². The second-order valence-electron chi connectivity index (χ2n) is 6.75. The molecule has 0 saturated carbocycles. The van der Waals surface area contributed by atoms with Crippen LogP contribution < -0.4 is 16.6 Å². The predicted octanol–water partition coefficient (Wildman–Crippen LogP) is 2.06. The van der Waals surface area contributed by atoms with Crippen molar-refractivity contribution in [2.45, 2.75) is 19.4 Å². The van der Waals surface area contributed by atoms with Crippen molar-refractivity contribution >= 4 is 28.4 Å². The molecule has 4 N–H and O–H groups in total. The third kappa shape index (κ3) is 3.23. The van der Waals surface area contributed by atoms with Gasteiger partial charge >= 0.3 is 0 Å². The summed E-state index contributed by atoms with van der Waals surface area (Å²) in [5.41, 5.74) is 9.06. The van der Waals surface area contributed by atoms with E-state index in [0.717, 1.165) is 12.1 Å². The molecular weight excluding hydrogens is 342 g/mol. The first kappa shape index (κ1) is 17.1. The number of anilines is 2. The lowest BCUT2D eigenvalue weighted by Gasteiger charge is -2.35. The van der Waals surface area contributed by atoms with Crippen molar-refractivity contribution in [3.8, 4) is 0 Å². The number of aromatic nitrogens is 2. The van der Waals surface area contributed by atoms with Gasteiger partial charge in [-0.1, -0.05) is 24.3 Å². The van der Waals surface area contributed by atoms with Gasteiger partial charge in [0.15, 0.2) is 0 Å². The lowest BCUT2D eigenvalue weighted by Crippen LogP contribution is -2.41. The van der Waals surface area contributed by atoms with E-state index in [1.54, 1.807) is 18.2 Å². The zero-order chi connectivity index (χ0) is 19.0. The second-order valence-corrected chi connectivity index (χ2v) is 6.75. The summed E-state index contributed by atoms with van der Waals surface area (Å²) in [7, 11) is 0. The fourth-order valence-electron chi connectivity index (χ4n) is 3.66. The van der Waals surface area contributed by atoms with Crippen LogP contribution in [-0.4, -0.2) is 33.9 Å². The van der Waals surface area contributed by atoms with Crippen LogP contribution in [0.3, 0.4) is 0 Å². The number of amides is 1. The Labute approximate surface area is 156 Å². The average molecular weight is 363 g/mol. The molecule has 1 aliphatic rings. The SMILES string of the molecule is CC1c2ccccc2CCN1C(=O)CNc1ccc2c(=O)[nH]c(N)nc2c1. The third-order valence-electron chi connectivity index (χ3n) is 5.08. The van der Waals surface area contributed by atoms with Gasteiger partial charge in [0.1, 0.15) is 0 Å². The first-order valence-electron chi connectivity index (χ1n) is 8.93. The molecule has 1 unspecified atom stereocenters. The van der Waals surface area contributed by atoms with Crippen molar-refractivity contribution in [3.63, 3.8) is 0 Å². The Hall–Kier alpha value is -3.35. The van der Waals surface area contributed by atoms with Crippen LogP contribution in [-0.2, 0) is 11.2 Å². The molecule has 2 aromatic carbocycles. The Morgan fingerprint density at radius 2 is 2.15 bits per heavy atom. The number of nitrogens with one attached hydrogen (secondary N) is 2. The molecule has 0 radical (unpaired) electrons. The molecule has 1 amide bonds. The van der Waals surface area contributed by atoms with Crippen LogP contribution in [0.2, 0.25) is 0 Å². The van der Waals surface area contributed by atoms with Gasteiger partial charge in [0.25, 0.3) is 5.56 Å². The molecule has 0 aliphatic carbocycles. The van der Waals surface area contributed by atoms with Crippen molar-refractivity contribution in [1.29, 1.82) is 0 Å². The van der Waals surface area contributed by atoms with Crippen molar-refractivity contribution in [2.24, 2.45) is 0 Å². The summed E-state index contributed by atoms with van der Waals surface area (Å²) in [5.74, 6) is 0.108. The molecule has 1 atom stereocenters. The lowest BCUT2D eigenvalue weighted by molar-refractivity contribution is -0.131. The first-order valence-corrected chi connectivity index (χ1v) is 8.93. The van der Waals surface area contributed by atoms with Gasteiger partial charge in [0.05, 0.1) is 23.5 Å². The number of hydrogen-bond donors (Lipinski definition) is 3. The minimum atomic E-state index is -0.277. The number of nitrogens with zero attached hydrogens (tertiary/aromatic N) is 2. The van der Waals surface area contributed by atoms with Crippen LogP contribution in [0.15, 0.2) is 47.3 Å². The van der Waals surface area contributed by atoms with E-state index in [2.05, 4.69) is 34.3 Å². The van der Waals surface area contributed by atoms with E-state index in [9.17, 15) is 9.59 Å². The van der Waals surface area contributed by atoms with Gasteiger partial charge in [0.2, 0.25) is 11.9 Å².